The van der Waals surface area contributed by atoms with E-state index in [4.69, 9.17) is 10.7 Å². The number of carbonyl (C=O) groups excluding carboxylic acids is 1. The second-order valence-electron chi connectivity index (χ2n) is 10.9. The van der Waals surface area contributed by atoms with Gasteiger partial charge in [0.15, 0.2) is 5.82 Å². The van der Waals surface area contributed by atoms with E-state index in [9.17, 15) is 27.1 Å². The third-order valence-corrected chi connectivity index (χ3v) is 7.54. The number of nitrogens with two attached hydrogens (primary N) is 1. The number of pyridine rings is 1. The molecule has 0 unspecified atom stereocenters. The van der Waals surface area contributed by atoms with E-state index >= 15 is 0 Å². The number of halogens is 2. The number of aromatic nitrogens is 3. The van der Waals surface area contributed by atoms with Crippen LogP contribution in [-0.2, 0) is 28.3 Å². The van der Waals surface area contributed by atoms with Crippen LogP contribution in [0.2, 0.25) is 0 Å². The molecule has 2 aromatic carbocycles. The summed E-state index contributed by atoms with van der Waals surface area (Å²) in [6, 6.07) is 12.1. The Bertz CT molecular complexity index is 1740. The highest BCUT2D eigenvalue weighted by Gasteiger charge is 2.38. The summed E-state index contributed by atoms with van der Waals surface area (Å²) in [7, 11) is -1.93. The molecule has 1 aliphatic rings. The molecule has 0 spiro atoms. The van der Waals surface area contributed by atoms with E-state index in [1.54, 1.807) is 36.9 Å². The van der Waals surface area contributed by atoms with Crippen molar-refractivity contribution < 1.29 is 27.1 Å². The summed E-state index contributed by atoms with van der Waals surface area (Å²) in [4.78, 5) is 19.0. The summed E-state index contributed by atoms with van der Waals surface area (Å²) < 4.78 is 56.1. The van der Waals surface area contributed by atoms with Gasteiger partial charge in [-0.2, -0.15) is 5.10 Å². The Hall–Kier alpha value is -4.10. The average molecular weight is 585 g/mol. The van der Waals surface area contributed by atoms with E-state index in [0.717, 1.165) is 12.3 Å². The summed E-state index contributed by atoms with van der Waals surface area (Å²) in [6.07, 6.45) is 0.956. The quantitative estimate of drug-likeness (QED) is 0.274. The number of rotatable bonds is 9. The number of primary amides is 1. The van der Waals surface area contributed by atoms with Gasteiger partial charge in [0, 0.05) is 55.1 Å². The first-order valence-electron chi connectivity index (χ1n) is 12.8. The number of β-amino-alcohol motifs (C(OH)–C–C–N with tert-alkyl or cyclic N) is 1. The molecule has 2 aromatic heterocycles. The zero-order chi connectivity index (χ0) is 29.7. The number of fused-ring (bicyclic) bond motifs is 1. The van der Waals surface area contributed by atoms with Gasteiger partial charge in [0.05, 0.1) is 23.1 Å². The van der Waals surface area contributed by atoms with Crippen LogP contribution in [0.5, 0.6) is 0 Å². The number of nitrogens with one attached hydrogen (secondary N) is 1. The molecule has 41 heavy (non-hydrogen) atoms. The fraction of sp³-hybridized carbons (Fsp3) is 0.321. The summed E-state index contributed by atoms with van der Waals surface area (Å²) in [6.45, 7) is 2.43. The normalized spacial score (nSPS) is 15.5. The molecule has 13 heteroatoms. The third-order valence-electron chi connectivity index (χ3n) is 6.97. The lowest BCUT2D eigenvalue weighted by atomic mass is 9.87. The van der Waals surface area contributed by atoms with Gasteiger partial charge in [0.1, 0.15) is 17.5 Å². The molecule has 216 valence electrons. The van der Waals surface area contributed by atoms with Crippen LogP contribution in [-0.4, -0.2) is 59.1 Å². The predicted molar refractivity (Wildman–Crippen MR) is 152 cm³/mol. The van der Waals surface area contributed by atoms with Crippen LogP contribution in [0.1, 0.15) is 30.5 Å². The fourth-order valence-electron chi connectivity index (χ4n) is 5.44. The summed E-state index contributed by atoms with van der Waals surface area (Å²) in [5, 5.41) is 15.2. The van der Waals surface area contributed by atoms with Crippen LogP contribution in [0.25, 0.3) is 22.0 Å². The number of aliphatic hydroxyl groups is 1. The van der Waals surface area contributed by atoms with Crippen molar-refractivity contribution in [1.82, 2.24) is 14.8 Å². The second-order valence-corrected chi connectivity index (χ2v) is 12.6. The minimum absolute atomic E-state index is 0.0705. The molecule has 1 atom stereocenters. The minimum Gasteiger partial charge on any atom is -0.386 e. The van der Waals surface area contributed by atoms with Crippen molar-refractivity contribution in [3.8, 4) is 11.1 Å². The number of carbonyl (C=O) groups is 1. The molecule has 1 amide bonds. The summed E-state index contributed by atoms with van der Waals surface area (Å²) in [5.74, 6) is -2.05. The highest BCUT2D eigenvalue weighted by atomic mass is 32.2. The first kappa shape index (κ1) is 28.4. The fourth-order valence-corrected chi connectivity index (χ4v) is 5.95. The van der Waals surface area contributed by atoms with Gasteiger partial charge in [-0.15, -0.1) is 0 Å². The number of amides is 1. The molecular formula is C28H30F2N6O4S. The number of hydrogen-bond donors (Lipinski definition) is 3. The van der Waals surface area contributed by atoms with E-state index in [-0.39, 0.29) is 18.7 Å². The molecule has 0 radical (unpaired) electrons. The zero-order valence-corrected chi connectivity index (χ0v) is 23.5. The molecule has 5 rings (SSSR count). The Balaban J connectivity index is 1.69. The number of para-hydroxylation sites is 1. The smallest absolute Gasteiger partial charge is 0.231 e. The maximum Gasteiger partial charge on any atom is 0.231 e. The van der Waals surface area contributed by atoms with E-state index < -0.39 is 39.1 Å². The second kappa shape index (κ2) is 10.4. The van der Waals surface area contributed by atoms with Gasteiger partial charge in [-0.25, -0.2) is 22.2 Å². The van der Waals surface area contributed by atoms with E-state index in [1.165, 1.54) is 12.1 Å². The number of sulfonamides is 1. The van der Waals surface area contributed by atoms with Crippen LogP contribution < -0.4 is 15.4 Å². The first-order chi connectivity index (χ1) is 19.2. The van der Waals surface area contributed by atoms with Crippen molar-refractivity contribution in [2.24, 2.45) is 12.8 Å². The van der Waals surface area contributed by atoms with Crippen LogP contribution >= 0.6 is 0 Å². The number of nitrogens with zero attached hydrogens (tertiary/aromatic N) is 4. The molecule has 1 fully saturated rings. The monoisotopic (exact) mass is 584 g/mol. The maximum absolute atomic E-state index is 14.1. The van der Waals surface area contributed by atoms with Crippen molar-refractivity contribution in [3.63, 3.8) is 0 Å². The Kier molecular flexibility index (Phi) is 7.20. The molecule has 0 aliphatic carbocycles. The minimum atomic E-state index is -3.61. The lowest BCUT2D eigenvalue weighted by Crippen LogP contribution is -2.60. The van der Waals surface area contributed by atoms with Gasteiger partial charge in [0.25, 0.3) is 0 Å². The topological polar surface area (TPSA) is 143 Å². The standard InChI is InChI=1S/C28H30F2N6O4S/c1-28(38)14-36(15-28)24-8-7-20(21-5-4-6-22-26(21)35(2)33-27(22)34-41(3,39)40)25(32-24)17(12-23(31)37)9-16-10-18(29)13-19(30)11-16/h4-8,10-11,13,17,38H,9,12,14-15H2,1-3H3,(H2,31,37)(H,33,34)/t17-/m0/s1. The van der Waals surface area contributed by atoms with Crippen LogP contribution in [0.15, 0.2) is 48.5 Å². The van der Waals surface area contributed by atoms with Crippen molar-refractivity contribution in [2.75, 3.05) is 29.0 Å². The molecule has 1 saturated heterocycles. The average Bonchev–Trinajstić information content (AvgIpc) is 3.14. The van der Waals surface area contributed by atoms with Gasteiger partial charge >= 0.3 is 0 Å². The molecule has 10 nitrogen and oxygen atoms in total. The van der Waals surface area contributed by atoms with Crippen molar-refractivity contribution in [1.29, 1.82) is 0 Å². The van der Waals surface area contributed by atoms with Crippen LogP contribution in [0.3, 0.4) is 0 Å². The number of aryl methyl sites for hydroxylation is 1. The van der Waals surface area contributed by atoms with E-state index in [1.807, 2.05) is 17.0 Å². The number of hydrogen-bond acceptors (Lipinski definition) is 7. The molecule has 0 saturated carbocycles. The lowest BCUT2D eigenvalue weighted by Gasteiger charge is -2.45. The highest BCUT2D eigenvalue weighted by Crippen LogP contribution is 2.39. The molecule has 0 bridgehead atoms. The molecular weight excluding hydrogens is 554 g/mol. The predicted octanol–water partition coefficient (Wildman–Crippen LogP) is 3.06. The Morgan fingerprint density at radius 1 is 1.15 bits per heavy atom. The maximum atomic E-state index is 14.1. The molecule has 4 aromatic rings. The van der Waals surface area contributed by atoms with Crippen molar-refractivity contribution in [3.05, 3.63) is 71.4 Å². The Morgan fingerprint density at radius 3 is 2.44 bits per heavy atom. The van der Waals surface area contributed by atoms with Crippen LogP contribution in [0.4, 0.5) is 20.4 Å². The Morgan fingerprint density at radius 2 is 1.83 bits per heavy atom. The first-order valence-corrected chi connectivity index (χ1v) is 14.7. The molecule has 3 heterocycles. The number of benzene rings is 2. The molecule has 4 N–H and O–H groups in total. The summed E-state index contributed by atoms with van der Waals surface area (Å²) >= 11 is 0. The van der Waals surface area contributed by atoms with Gasteiger partial charge in [-0.3, -0.25) is 14.2 Å². The van der Waals surface area contributed by atoms with E-state index in [2.05, 4.69) is 9.82 Å². The van der Waals surface area contributed by atoms with E-state index in [0.29, 0.717) is 52.2 Å². The third kappa shape index (κ3) is 6.15. The SMILES string of the molecule is Cn1nc(NS(C)(=O)=O)c2cccc(-c3ccc(N4CC(C)(O)C4)nc3[C@H](CC(N)=O)Cc3cc(F)cc(F)c3)c21. The lowest BCUT2D eigenvalue weighted by molar-refractivity contribution is -0.118. The largest absolute Gasteiger partial charge is 0.386 e. The van der Waals surface area contributed by atoms with Crippen molar-refractivity contribution in [2.45, 2.75) is 31.3 Å². The Labute approximate surface area is 235 Å². The van der Waals surface area contributed by atoms with Gasteiger partial charge < -0.3 is 15.7 Å². The van der Waals surface area contributed by atoms with Crippen molar-refractivity contribution >= 4 is 38.5 Å². The van der Waals surface area contributed by atoms with Gasteiger partial charge in [0.2, 0.25) is 15.9 Å². The van der Waals surface area contributed by atoms with Gasteiger partial charge in [-0.1, -0.05) is 12.1 Å². The van der Waals surface area contributed by atoms with Crippen LogP contribution in [0, 0.1) is 11.6 Å². The highest BCUT2D eigenvalue weighted by molar-refractivity contribution is 7.92. The molecule has 1 aliphatic heterocycles. The number of anilines is 2. The summed E-state index contributed by atoms with van der Waals surface area (Å²) in [5.41, 5.74) is 7.45. The van der Waals surface area contributed by atoms with Gasteiger partial charge in [-0.05, 0) is 49.2 Å². The zero-order valence-electron chi connectivity index (χ0n) is 22.7.